The molecule has 0 amide bonds. The number of aliphatic hydroxyl groups excluding tert-OH is 1. The third kappa shape index (κ3) is 2.63. The van der Waals surface area contributed by atoms with Crippen LogP contribution in [0, 0.1) is 0 Å². The molecular formula is C17H18O3. The van der Waals surface area contributed by atoms with E-state index in [0.717, 1.165) is 23.5 Å². The highest BCUT2D eigenvalue weighted by molar-refractivity contribution is 5.38. The van der Waals surface area contributed by atoms with E-state index < -0.39 is 6.10 Å². The maximum absolute atomic E-state index is 9.73. The fourth-order valence-electron chi connectivity index (χ4n) is 2.49. The van der Waals surface area contributed by atoms with Crippen LogP contribution in [-0.2, 0) is 6.42 Å². The van der Waals surface area contributed by atoms with Gasteiger partial charge in [-0.1, -0.05) is 36.4 Å². The molecule has 2 aromatic rings. The molecule has 3 heteroatoms. The van der Waals surface area contributed by atoms with Gasteiger partial charge in [0, 0.05) is 12.0 Å². The van der Waals surface area contributed by atoms with Crippen molar-refractivity contribution in [3.05, 3.63) is 59.7 Å². The summed E-state index contributed by atoms with van der Waals surface area (Å²) in [7, 11) is 0. The predicted molar refractivity (Wildman–Crippen MR) is 77.1 cm³/mol. The lowest BCUT2D eigenvalue weighted by atomic mass is 10.1. The average molecular weight is 270 g/mol. The van der Waals surface area contributed by atoms with Crippen LogP contribution in [0.25, 0.3) is 0 Å². The highest BCUT2D eigenvalue weighted by atomic mass is 16.5. The van der Waals surface area contributed by atoms with Crippen LogP contribution in [0.15, 0.2) is 48.5 Å². The van der Waals surface area contributed by atoms with Crippen molar-refractivity contribution in [1.29, 1.82) is 0 Å². The fourth-order valence-corrected chi connectivity index (χ4v) is 2.49. The van der Waals surface area contributed by atoms with Crippen molar-refractivity contribution in [2.45, 2.75) is 25.6 Å². The predicted octanol–water partition coefficient (Wildman–Crippen LogP) is 3.12. The minimum Gasteiger partial charge on any atom is -0.489 e. The van der Waals surface area contributed by atoms with E-state index in [1.807, 2.05) is 42.5 Å². The molecule has 2 aromatic carbocycles. The Labute approximate surface area is 118 Å². The lowest BCUT2D eigenvalue weighted by Gasteiger charge is -2.16. The Kier molecular flexibility index (Phi) is 3.61. The van der Waals surface area contributed by atoms with Crippen LogP contribution >= 0.6 is 0 Å². The third-order valence-electron chi connectivity index (χ3n) is 3.51. The Morgan fingerprint density at radius 1 is 1.20 bits per heavy atom. The molecule has 0 fully saturated rings. The van der Waals surface area contributed by atoms with E-state index in [1.54, 1.807) is 6.92 Å². The molecule has 3 nitrogen and oxygen atoms in total. The average Bonchev–Trinajstić information content (AvgIpc) is 2.88. The summed E-state index contributed by atoms with van der Waals surface area (Å²) in [6, 6.07) is 15.6. The number of aliphatic hydroxyl groups is 1. The van der Waals surface area contributed by atoms with E-state index in [2.05, 4.69) is 6.07 Å². The van der Waals surface area contributed by atoms with Gasteiger partial charge in [0.2, 0.25) is 0 Å². The fraction of sp³-hybridized carbons (Fsp3) is 0.294. The summed E-state index contributed by atoms with van der Waals surface area (Å²) in [4.78, 5) is 0. The van der Waals surface area contributed by atoms with Gasteiger partial charge in [-0.2, -0.15) is 0 Å². The van der Waals surface area contributed by atoms with Crippen LogP contribution < -0.4 is 9.47 Å². The molecular weight excluding hydrogens is 252 g/mol. The molecule has 0 radical (unpaired) electrons. The van der Waals surface area contributed by atoms with E-state index in [0.29, 0.717) is 6.61 Å². The zero-order valence-electron chi connectivity index (χ0n) is 11.5. The zero-order valence-corrected chi connectivity index (χ0v) is 11.5. The van der Waals surface area contributed by atoms with E-state index in [9.17, 15) is 5.11 Å². The second-order valence-corrected chi connectivity index (χ2v) is 5.08. The van der Waals surface area contributed by atoms with Crippen LogP contribution in [0.4, 0.5) is 0 Å². The number of hydrogen-bond acceptors (Lipinski definition) is 3. The van der Waals surface area contributed by atoms with E-state index in [-0.39, 0.29) is 6.10 Å². The number of fused-ring (bicyclic) bond motifs is 1. The Morgan fingerprint density at radius 3 is 2.75 bits per heavy atom. The van der Waals surface area contributed by atoms with Gasteiger partial charge in [0.25, 0.3) is 0 Å². The molecule has 0 spiro atoms. The normalized spacial score (nSPS) is 18.2. The van der Waals surface area contributed by atoms with Gasteiger partial charge in [-0.25, -0.2) is 0 Å². The molecule has 1 aliphatic heterocycles. The molecule has 20 heavy (non-hydrogen) atoms. The van der Waals surface area contributed by atoms with Crippen molar-refractivity contribution < 1.29 is 14.6 Å². The molecule has 0 saturated carbocycles. The summed E-state index contributed by atoms with van der Waals surface area (Å²) in [6.45, 7) is 2.22. The number of rotatable bonds is 4. The van der Waals surface area contributed by atoms with Crippen molar-refractivity contribution in [3.8, 4) is 11.5 Å². The number of hydrogen-bond donors (Lipinski definition) is 1. The smallest absolute Gasteiger partial charge is 0.137 e. The highest BCUT2D eigenvalue weighted by Crippen LogP contribution is 2.29. The Hall–Kier alpha value is -2.00. The van der Waals surface area contributed by atoms with E-state index in [4.69, 9.17) is 9.47 Å². The monoisotopic (exact) mass is 270 g/mol. The second-order valence-electron chi connectivity index (χ2n) is 5.08. The zero-order chi connectivity index (χ0) is 13.9. The van der Waals surface area contributed by atoms with Gasteiger partial charge in [-0.15, -0.1) is 0 Å². The van der Waals surface area contributed by atoms with Crippen LogP contribution in [-0.4, -0.2) is 17.8 Å². The highest BCUT2D eigenvalue weighted by Gasteiger charge is 2.23. The van der Waals surface area contributed by atoms with Crippen molar-refractivity contribution in [3.63, 3.8) is 0 Å². The third-order valence-corrected chi connectivity index (χ3v) is 3.51. The molecule has 3 rings (SSSR count). The largest absolute Gasteiger partial charge is 0.489 e. The van der Waals surface area contributed by atoms with Gasteiger partial charge >= 0.3 is 0 Å². The molecule has 2 unspecified atom stereocenters. The quantitative estimate of drug-likeness (QED) is 0.927. The summed E-state index contributed by atoms with van der Waals surface area (Å²) in [5, 5.41) is 9.73. The summed E-state index contributed by atoms with van der Waals surface area (Å²) in [5.41, 5.74) is 2.04. The number of para-hydroxylation sites is 2. The maximum atomic E-state index is 9.73. The lowest BCUT2D eigenvalue weighted by Crippen LogP contribution is -2.22. The van der Waals surface area contributed by atoms with E-state index in [1.165, 1.54) is 5.56 Å². The Balaban J connectivity index is 1.65. The van der Waals surface area contributed by atoms with Crippen molar-refractivity contribution in [1.82, 2.24) is 0 Å². The summed E-state index contributed by atoms with van der Waals surface area (Å²) >= 11 is 0. The Bertz CT molecular complexity index is 567. The first kappa shape index (κ1) is 13.0. The Morgan fingerprint density at radius 2 is 1.95 bits per heavy atom. The van der Waals surface area contributed by atoms with Crippen LogP contribution in [0.5, 0.6) is 11.5 Å². The maximum Gasteiger partial charge on any atom is 0.137 e. The molecule has 2 atom stereocenters. The van der Waals surface area contributed by atoms with Gasteiger partial charge in [-0.3, -0.25) is 0 Å². The minimum atomic E-state index is -0.534. The van der Waals surface area contributed by atoms with Gasteiger partial charge in [0.15, 0.2) is 0 Å². The standard InChI is InChI=1S/C17H18O3/c1-12(18)15-7-3-5-9-17(15)19-11-14-10-13-6-2-4-8-16(13)20-14/h2-9,12,14,18H,10-11H2,1H3. The van der Waals surface area contributed by atoms with Crippen molar-refractivity contribution >= 4 is 0 Å². The van der Waals surface area contributed by atoms with Gasteiger partial charge < -0.3 is 14.6 Å². The molecule has 0 bridgehead atoms. The molecule has 1 aliphatic rings. The molecule has 0 saturated heterocycles. The lowest BCUT2D eigenvalue weighted by molar-refractivity contribution is 0.141. The summed E-state index contributed by atoms with van der Waals surface area (Å²) in [6.07, 6.45) is 0.370. The van der Waals surface area contributed by atoms with Gasteiger partial charge in [-0.05, 0) is 24.6 Å². The molecule has 1 N–H and O–H groups in total. The summed E-state index contributed by atoms with van der Waals surface area (Å²) < 4.78 is 11.7. The van der Waals surface area contributed by atoms with Crippen LogP contribution in [0.2, 0.25) is 0 Å². The number of benzene rings is 2. The van der Waals surface area contributed by atoms with E-state index >= 15 is 0 Å². The topological polar surface area (TPSA) is 38.7 Å². The molecule has 0 aromatic heterocycles. The van der Waals surface area contributed by atoms with Crippen LogP contribution in [0.3, 0.4) is 0 Å². The first-order valence-corrected chi connectivity index (χ1v) is 6.88. The molecule has 0 aliphatic carbocycles. The molecule has 104 valence electrons. The number of ether oxygens (including phenoxy) is 2. The minimum absolute atomic E-state index is 0.0365. The van der Waals surface area contributed by atoms with Crippen molar-refractivity contribution in [2.75, 3.05) is 6.61 Å². The summed E-state index contributed by atoms with van der Waals surface area (Å²) in [5.74, 6) is 1.67. The van der Waals surface area contributed by atoms with Crippen molar-refractivity contribution in [2.24, 2.45) is 0 Å². The van der Waals surface area contributed by atoms with Crippen LogP contribution in [0.1, 0.15) is 24.2 Å². The first-order chi connectivity index (χ1) is 9.74. The van der Waals surface area contributed by atoms with Gasteiger partial charge in [0.1, 0.15) is 24.2 Å². The van der Waals surface area contributed by atoms with Gasteiger partial charge in [0.05, 0.1) is 6.10 Å². The second kappa shape index (κ2) is 5.55. The SMILES string of the molecule is CC(O)c1ccccc1OCC1Cc2ccccc2O1. The first-order valence-electron chi connectivity index (χ1n) is 6.88. The molecule has 1 heterocycles.